The standard InChI is InChI=1S/C12H8F3NO4S2/c13-12(14,15)20-7-1-3-8(4-2-7)22(18,19)9-5-6-21-10(9)11(16)17/h1-6H,(H2,16,17). The molecule has 0 fully saturated rings. The molecule has 0 saturated heterocycles. The predicted octanol–water partition coefficient (Wildman–Crippen LogP) is 2.58. The van der Waals surface area contributed by atoms with Gasteiger partial charge in [-0.1, -0.05) is 0 Å². The van der Waals surface area contributed by atoms with Crippen molar-refractivity contribution in [2.45, 2.75) is 16.2 Å². The van der Waals surface area contributed by atoms with Crippen LogP contribution in [0, 0.1) is 0 Å². The topological polar surface area (TPSA) is 86.5 Å². The molecule has 0 bridgehead atoms. The molecule has 0 aliphatic rings. The minimum Gasteiger partial charge on any atom is -0.406 e. The van der Waals surface area contributed by atoms with E-state index in [1.807, 2.05) is 0 Å². The van der Waals surface area contributed by atoms with E-state index in [4.69, 9.17) is 5.73 Å². The summed E-state index contributed by atoms with van der Waals surface area (Å²) < 4.78 is 64.5. The van der Waals surface area contributed by atoms with Crippen molar-refractivity contribution in [1.29, 1.82) is 0 Å². The zero-order valence-corrected chi connectivity index (χ0v) is 12.3. The van der Waals surface area contributed by atoms with Crippen molar-refractivity contribution in [1.82, 2.24) is 0 Å². The van der Waals surface area contributed by atoms with Crippen LogP contribution in [0.4, 0.5) is 13.2 Å². The largest absolute Gasteiger partial charge is 0.573 e. The highest BCUT2D eigenvalue weighted by molar-refractivity contribution is 7.91. The van der Waals surface area contributed by atoms with Gasteiger partial charge in [0.1, 0.15) is 10.6 Å². The molecule has 1 aromatic carbocycles. The molecule has 5 nitrogen and oxygen atoms in total. The zero-order valence-electron chi connectivity index (χ0n) is 10.6. The minimum atomic E-state index is -4.87. The van der Waals surface area contributed by atoms with Crippen molar-refractivity contribution in [3.63, 3.8) is 0 Å². The Hall–Kier alpha value is -2.07. The number of amides is 1. The molecule has 0 unspecified atom stereocenters. The van der Waals surface area contributed by atoms with E-state index in [2.05, 4.69) is 4.74 Å². The summed E-state index contributed by atoms with van der Waals surface area (Å²) in [6.07, 6.45) is -4.87. The smallest absolute Gasteiger partial charge is 0.406 e. The van der Waals surface area contributed by atoms with E-state index >= 15 is 0 Å². The minimum absolute atomic E-state index is 0.143. The fourth-order valence-corrected chi connectivity index (χ4v) is 4.18. The Balaban J connectivity index is 2.38. The maximum atomic E-state index is 12.4. The Morgan fingerprint density at radius 1 is 1.14 bits per heavy atom. The molecule has 0 aliphatic heterocycles. The SMILES string of the molecule is NC(=O)c1sccc1S(=O)(=O)c1ccc(OC(F)(F)F)cc1. The highest BCUT2D eigenvalue weighted by atomic mass is 32.2. The van der Waals surface area contributed by atoms with Crippen molar-refractivity contribution < 1.29 is 31.1 Å². The van der Waals surface area contributed by atoms with Gasteiger partial charge in [0.2, 0.25) is 9.84 Å². The first-order valence-corrected chi connectivity index (χ1v) is 7.96. The molecule has 0 aliphatic carbocycles. The molecule has 1 aromatic heterocycles. The first-order valence-electron chi connectivity index (χ1n) is 5.59. The van der Waals surface area contributed by atoms with E-state index in [9.17, 15) is 26.4 Å². The molecule has 2 aromatic rings. The third kappa shape index (κ3) is 3.39. The fourth-order valence-electron chi connectivity index (χ4n) is 1.64. The van der Waals surface area contributed by atoms with Gasteiger partial charge in [0.05, 0.1) is 9.79 Å². The fraction of sp³-hybridized carbons (Fsp3) is 0.0833. The molecular formula is C12H8F3NO4S2. The van der Waals surface area contributed by atoms with E-state index < -0.39 is 27.9 Å². The molecule has 10 heteroatoms. The number of alkyl halides is 3. The summed E-state index contributed by atoms with van der Waals surface area (Å²) in [6.45, 7) is 0. The quantitative estimate of drug-likeness (QED) is 0.917. The first-order chi connectivity index (χ1) is 10.1. The normalized spacial score (nSPS) is 12.1. The van der Waals surface area contributed by atoms with Crippen LogP contribution in [0.15, 0.2) is 45.5 Å². The molecule has 0 atom stereocenters. The third-order valence-corrected chi connectivity index (χ3v) is 5.38. The van der Waals surface area contributed by atoms with Gasteiger partial charge in [-0.2, -0.15) is 0 Å². The van der Waals surface area contributed by atoms with E-state index in [-0.39, 0.29) is 14.7 Å². The molecule has 0 radical (unpaired) electrons. The van der Waals surface area contributed by atoms with E-state index in [0.717, 1.165) is 35.6 Å². The second kappa shape index (κ2) is 5.61. The molecule has 2 N–H and O–H groups in total. The lowest BCUT2D eigenvalue weighted by Crippen LogP contribution is -2.17. The van der Waals surface area contributed by atoms with E-state index in [1.165, 1.54) is 11.4 Å². The number of carbonyl (C=O) groups is 1. The van der Waals surface area contributed by atoms with Gasteiger partial charge in [0.25, 0.3) is 5.91 Å². The average Bonchev–Trinajstić information content (AvgIpc) is 2.87. The molecule has 2 rings (SSSR count). The molecule has 0 saturated carbocycles. The molecule has 1 amide bonds. The number of ether oxygens (including phenoxy) is 1. The van der Waals surface area contributed by atoms with Crippen LogP contribution < -0.4 is 10.5 Å². The summed E-state index contributed by atoms with van der Waals surface area (Å²) in [6, 6.07) is 4.87. The number of thiophene rings is 1. The lowest BCUT2D eigenvalue weighted by Gasteiger charge is -2.09. The molecule has 1 heterocycles. The first kappa shape index (κ1) is 16.3. The summed E-state index contributed by atoms with van der Waals surface area (Å²) >= 11 is 0.863. The van der Waals surface area contributed by atoms with Crippen molar-refractivity contribution in [2.75, 3.05) is 0 Å². The second-order valence-corrected chi connectivity index (χ2v) is 6.84. The van der Waals surface area contributed by atoms with E-state index in [1.54, 1.807) is 0 Å². The highest BCUT2D eigenvalue weighted by Gasteiger charge is 2.31. The number of primary amides is 1. The summed E-state index contributed by atoms with van der Waals surface area (Å²) in [5.74, 6) is -1.45. The number of hydrogen-bond acceptors (Lipinski definition) is 5. The van der Waals surface area contributed by atoms with Crippen LogP contribution in [0.25, 0.3) is 0 Å². The van der Waals surface area contributed by atoms with Crippen LogP contribution in [0.5, 0.6) is 5.75 Å². The van der Waals surface area contributed by atoms with Gasteiger partial charge >= 0.3 is 6.36 Å². The van der Waals surface area contributed by atoms with Gasteiger partial charge in [0.15, 0.2) is 0 Å². The Kier molecular flexibility index (Phi) is 4.16. The maximum absolute atomic E-state index is 12.4. The Bertz CT molecular complexity index is 795. The van der Waals surface area contributed by atoms with Gasteiger partial charge in [-0.05, 0) is 35.7 Å². The number of carbonyl (C=O) groups excluding carboxylic acids is 1. The number of benzene rings is 1. The lowest BCUT2D eigenvalue weighted by molar-refractivity contribution is -0.274. The third-order valence-electron chi connectivity index (χ3n) is 2.51. The van der Waals surface area contributed by atoms with Crippen LogP contribution in [-0.2, 0) is 9.84 Å². The number of nitrogens with two attached hydrogens (primary N) is 1. The van der Waals surface area contributed by atoms with Crippen molar-refractivity contribution >= 4 is 27.1 Å². The van der Waals surface area contributed by atoms with Gasteiger partial charge in [-0.3, -0.25) is 4.79 Å². The zero-order chi connectivity index (χ0) is 16.5. The Morgan fingerprint density at radius 2 is 1.73 bits per heavy atom. The van der Waals surface area contributed by atoms with Gasteiger partial charge < -0.3 is 10.5 Å². The van der Waals surface area contributed by atoms with Crippen LogP contribution in [0.2, 0.25) is 0 Å². The number of hydrogen-bond donors (Lipinski definition) is 1. The van der Waals surface area contributed by atoms with Crippen LogP contribution in [0.3, 0.4) is 0 Å². The van der Waals surface area contributed by atoms with Crippen LogP contribution in [0.1, 0.15) is 9.67 Å². The second-order valence-electron chi connectivity index (χ2n) is 4.00. The van der Waals surface area contributed by atoms with Crippen molar-refractivity contribution in [3.05, 3.63) is 40.6 Å². The van der Waals surface area contributed by atoms with Gasteiger partial charge in [0, 0.05) is 0 Å². The predicted molar refractivity (Wildman–Crippen MR) is 71.4 cm³/mol. The number of rotatable bonds is 4. The van der Waals surface area contributed by atoms with Crippen LogP contribution >= 0.6 is 11.3 Å². The summed E-state index contributed by atoms with van der Waals surface area (Å²) in [5, 5.41) is 1.38. The van der Waals surface area contributed by atoms with E-state index in [0.29, 0.717) is 0 Å². The molecular weight excluding hydrogens is 343 g/mol. The Labute approximate surface area is 127 Å². The monoisotopic (exact) mass is 351 g/mol. The molecule has 22 heavy (non-hydrogen) atoms. The lowest BCUT2D eigenvalue weighted by atomic mass is 10.3. The summed E-state index contributed by atoms with van der Waals surface area (Å²) in [5.41, 5.74) is 5.09. The average molecular weight is 351 g/mol. The number of sulfone groups is 1. The van der Waals surface area contributed by atoms with Crippen molar-refractivity contribution in [2.24, 2.45) is 5.73 Å². The van der Waals surface area contributed by atoms with Gasteiger partial charge in [-0.15, -0.1) is 24.5 Å². The van der Waals surface area contributed by atoms with Crippen molar-refractivity contribution in [3.8, 4) is 5.75 Å². The summed E-state index contributed by atoms with van der Waals surface area (Å²) in [4.78, 5) is 10.5. The van der Waals surface area contributed by atoms with Gasteiger partial charge in [-0.25, -0.2) is 8.42 Å². The number of halogens is 3. The van der Waals surface area contributed by atoms with Crippen LogP contribution in [-0.4, -0.2) is 20.7 Å². The molecule has 118 valence electrons. The maximum Gasteiger partial charge on any atom is 0.573 e. The summed E-state index contributed by atoms with van der Waals surface area (Å²) in [7, 11) is -4.06. The highest BCUT2D eigenvalue weighted by Crippen LogP contribution is 2.30. The molecule has 0 spiro atoms. The Morgan fingerprint density at radius 3 is 2.23 bits per heavy atom.